The molecule has 0 saturated heterocycles. The minimum atomic E-state index is -7.65. The SMILES string of the molecule is O=S(O)C(F)(F)C(C(F)(F)F)(C(F)(F)F)C(F)(F)F. The lowest BCUT2D eigenvalue weighted by molar-refractivity contribution is -0.461. The van der Waals surface area contributed by atoms with Crippen molar-refractivity contribution in [2.45, 2.75) is 23.8 Å². The van der Waals surface area contributed by atoms with E-state index >= 15 is 0 Å². The highest BCUT2D eigenvalue weighted by Gasteiger charge is 2.95. The second kappa shape index (κ2) is 4.43. The first-order valence-electron chi connectivity index (χ1n) is 3.63. The van der Waals surface area contributed by atoms with Crippen LogP contribution in [-0.4, -0.2) is 32.5 Å². The molecule has 0 amide bonds. The lowest BCUT2D eigenvalue weighted by atomic mass is 9.85. The van der Waals surface area contributed by atoms with E-state index in [0.29, 0.717) is 0 Å². The summed E-state index contributed by atoms with van der Waals surface area (Å²) in [6, 6.07) is 0. The Kier molecular flexibility index (Phi) is 4.27. The summed E-state index contributed by atoms with van der Waals surface area (Å²) in [6.07, 6.45) is -22.8. The predicted octanol–water partition coefficient (Wildman–Crippen LogP) is 3.47. The maximum atomic E-state index is 12.6. The van der Waals surface area contributed by atoms with E-state index < -0.39 is 40.3 Å². The molecule has 1 N–H and O–H groups in total. The molecule has 14 heteroatoms. The number of alkyl halides is 11. The quantitative estimate of drug-likeness (QED) is 0.620. The van der Waals surface area contributed by atoms with Gasteiger partial charge in [-0.1, -0.05) is 0 Å². The van der Waals surface area contributed by atoms with E-state index in [1.54, 1.807) is 0 Å². The molecule has 0 radical (unpaired) electrons. The van der Waals surface area contributed by atoms with Gasteiger partial charge in [-0.25, -0.2) is 4.21 Å². The third-order valence-corrected chi connectivity index (χ3v) is 2.68. The van der Waals surface area contributed by atoms with Crippen LogP contribution in [0.2, 0.25) is 0 Å². The van der Waals surface area contributed by atoms with Gasteiger partial charge >= 0.3 is 29.2 Å². The van der Waals surface area contributed by atoms with Crippen molar-refractivity contribution in [1.29, 1.82) is 0 Å². The second-order valence-electron chi connectivity index (χ2n) is 3.01. The molecule has 2 nitrogen and oxygen atoms in total. The minimum absolute atomic E-state index is 5.38. The molecule has 0 bridgehead atoms. The molecule has 116 valence electrons. The van der Waals surface area contributed by atoms with Crippen molar-refractivity contribution in [3.05, 3.63) is 0 Å². The number of halogens is 11. The fraction of sp³-hybridized carbons (Fsp3) is 1.00. The first-order chi connectivity index (χ1) is 7.94. The van der Waals surface area contributed by atoms with Crippen LogP contribution in [0.15, 0.2) is 0 Å². The Balaban J connectivity index is 6.72. The van der Waals surface area contributed by atoms with Gasteiger partial charge in [0.25, 0.3) is 0 Å². The van der Waals surface area contributed by atoms with Crippen molar-refractivity contribution in [3.63, 3.8) is 0 Å². The molecule has 1 atom stereocenters. The van der Waals surface area contributed by atoms with Gasteiger partial charge in [-0.2, -0.15) is 48.3 Å². The maximum Gasteiger partial charge on any atom is 0.419 e. The van der Waals surface area contributed by atoms with Crippen molar-refractivity contribution in [2.24, 2.45) is 5.41 Å². The molecular weight excluding hydrogens is 333 g/mol. The zero-order valence-electron chi connectivity index (χ0n) is 7.92. The fourth-order valence-electron chi connectivity index (χ4n) is 1.11. The summed E-state index contributed by atoms with van der Waals surface area (Å²) in [5.41, 5.74) is -7.65. The van der Waals surface area contributed by atoms with Gasteiger partial charge in [-0.05, 0) is 0 Å². The lowest BCUT2D eigenvalue weighted by Crippen LogP contribution is -2.69. The molecule has 1 unspecified atom stereocenters. The van der Waals surface area contributed by atoms with Gasteiger partial charge in [0.1, 0.15) is 0 Å². The number of hydrogen-bond donors (Lipinski definition) is 1. The summed E-state index contributed by atoms with van der Waals surface area (Å²) in [5, 5.41) is -7.08. The second-order valence-corrected chi connectivity index (χ2v) is 4.02. The average Bonchev–Trinajstić information content (AvgIpc) is 1.92. The van der Waals surface area contributed by atoms with E-state index in [4.69, 9.17) is 4.55 Å². The third kappa shape index (κ3) is 2.39. The van der Waals surface area contributed by atoms with E-state index in [-0.39, 0.29) is 0 Å². The van der Waals surface area contributed by atoms with E-state index in [2.05, 4.69) is 0 Å². The normalized spacial score (nSPS) is 17.5. The minimum Gasteiger partial charge on any atom is -0.301 e. The van der Waals surface area contributed by atoms with Crippen molar-refractivity contribution >= 4 is 11.1 Å². The zero-order valence-corrected chi connectivity index (χ0v) is 8.74. The van der Waals surface area contributed by atoms with E-state index in [1.165, 1.54) is 0 Å². The molecule has 0 aromatic carbocycles. The van der Waals surface area contributed by atoms with Crippen LogP contribution in [0.5, 0.6) is 0 Å². The van der Waals surface area contributed by atoms with Gasteiger partial charge in [0, 0.05) is 0 Å². The van der Waals surface area contributed by atoms with Crippen LogP contribution in [-0.2, 0) is 11.1 Å². The molecule has 0 fully saturated rings. The van der Waals surface area contributed by atoms with Crippen LogP contribution in [0.3, 0.4) is 0 Å². The van der Waals surface area contributed by atoms with E-state index in [0.717, 1.165) is 0 Å². The summed E-state index contributed by atoms with van der Waals surface area (Å²) in [4.78, 5) is 0. The van der Waals surface area contributed by atoms with Crippen molar-refractivity contribution in [3.8, 4) is 0 Å². The number of rotatable bonds is 2. The molecule has 0 aromatic heterocycles. The van der Waals surface area contributed by atoms with Crippen LogP contribution in [0.4, 0.5) is 48.3 Å². The Morgan fingerprint density at radius 2 is 0.842 bits per heavy atom. The summed E-state index contributed by atoms with van der Waals surface area (Å²) in [6.45, 7) is 0. The Morgan fingerprint density at radius 3 is 0.895 bits per heavy atom. The molecule has 19 heavy (non-hydrogen) atoms. The molecule has 0 heterocycles. The van der Waals surface area contributed by atoms with Crippen molar-refractivity contribution in [1.82, 2.24) is 0 Å². The molecule has 0 spiro atoms. The molecule has 0 aromatic rings. The Hall–Kier alpha value is -0.660. The van der Waals surface area contributed by atoms with Crippen LogP contribution < -0.4 is 0 Å². The van der Waals surface area contributed by atoms with Crippen LogP contribution in [0.1, 0.15) is 0 Å². The Morgan fingerprint density at radius 1 is 0.632 bits per heavy atom. The van der Waals surface area contributed by atoms with Crippen LogP contribution in [0, 0.1) is 5.41 Å². The summed E-state index contributed by atoms with van der Waals surface area (Å²) in [7, 11) is 0. The van der Waals surface area contributed by atoms with Gasteiger partial charge < -0.3 is 4.55 Å². The third-order valence-electron chi connectivity index (χ3n) is 1.93. The average molecular weight is 334 g/mol. The molecule has 0 aliphatic heterocycles. The first kappa shape index (κ1) is 18.3. The predicted molar refractivity (Wildman–Crippen MR) is 36.3 cm³/mol. The molecule has 0 rings (SSSR count). The maximum absolute atomic E-state index is 12.6. The van der Waals surface area contributed by atoms with Crippen LogP contribution >= 0.6 is 0 Å². The monoisotopic (exact) mass is 334 g/mol. The topological polar surface area (TPSA) is 37.3 Å². The Labute approximate surface area is 98.4 Å². The lowest BCUT2D eigenvalue weighted by Gasteiger charge is -2.41. The van der Waals surface area contributed by atoms with Gasteiger partial charge in [-0.15, -0.1) is 0 Å². The summed E-state index contributed by atoms with van der Waals surface area (Å²) >= 11 is -5.38. The van der Waals surface area contributed by atoms with Gasteiger partial charge in [0.05, 0.1) is 0 Å². The Bertz CT molecular complexity index is 327. The van der Waals surface area contributed by atoms with E-state index in [1.807, 2.05) is 0 Å². The summed E-state index contributed by atoms with van der Waals surface area (Å²) < 4.78 is 151. The van der Waals surface area contributed by atoms with E-state index in [9.17, 15) is 52.5 Å². The van der Waals surface area contributed by atoms with Crippen molar-refractivity contribution < 1.29 is 57.1 Å². The standard InChI is InChI=1S/C5HF11O2S/c6-2(7,8)1(3(9,10)11,4(12,13)14)5(15,16)19(17)18/h(H,17,18). The highest BCUT2D eigenvalue weighted by Crippen LogP contribution is 2.66. The highest BCUT2D eigenvalue weighted by molar-refractivity contribution is 7.80. The number of hydrogen-bond acceptors (Lipinski definition) is 1. The molecule has 0 aliphatic carbocycles. The smallest absolute Gasteiger partial charge is 0.301 e. The fourth-order valence-corrected chi connectivity index (χ4v) is 1.72. The van der Waals surface area contributed by atoms with Crippen LogP contribution in [0.25, 0.3) is 0 Å². The summed E-state index contributed by atoms with van der Waals surface area (Å²) in [5.74, 6) is 0. The first-order valence-corrected chi connectivity index (χ1v) is 4.74. The molecular formula is C5HF11O2S. The van der Waals surface area contributed by atoms with Gasteiger partial charge in [-0.3, -0.25) is 0 Å². The molecule has 0 saturated carbocycles. The molecule has 0 aliphatic rings. The zero-order chi connectivity index (χ0) is 16.1. The highest BCUT2D eigenvalue weighted by atomic mass is 32.2. The largest absolute Gasteiger partial charge is 0.419 e. The van der Waals surface area contributed by atoms with Crippen molar-refractivity contribution in [2.75, 3.05) is 0 Å². The van der Waals surface area contributed by atoms with Gasteiger partial charge in [0.2, 0.25) is 11.1 Å². The van der Waals surface area contributed by atoms with Gasteiger partial charge in [0.15, 0.2) is 0 Å².